The number of hydrogen-bond acceptors (Lipinski definition) is 5. The molecule has 0 N–H and O–H groups in total. The van der Waals surface area contributed by atoms with Crippen LogP contribution in [0.5, 0.6) is 0 Å². The molecule has 0 amide bonds. The van der Waals surface area contributed by atoms with Crippen molar-refractivity contribution in [1.29, 1.82) is 0 Å². The van der Waals surface area contributed by atoms with Gasteiger partial charge >= 0.3 is 0 Å². The number of hydrogen-bond donors (Lipinski definition) is 0. The summed E-state index contributed by atoms with van der Waals surface area (Å²) in [6.45, 7) is 5.47. The molecule has 1 aromatic carbocycles. The molecule has 0 spiro atoms. The molecule has 25 heavy (non-hydrogen) atoms. The van der Waals surface area contributed by atoms with Gasteiger partial charge in [-0.25, -0.2) is 0 Å². The topological polar surface area (TPSA) is 52.0 Å². The minimum atomic E-state index is 0.299. The Bertz CT molecular complexity index is 896. The second-order valence-electron chi connectivity index (χ2n) is 6.15. The maximum absolute atomic E-state index is 5.91. The lowest BCUT2D eigenvalue weighted by atomic mass is 10.2. The highest BCUT2D eigenvalue weighted by Crippen LogP contribution is 2.21. The summed E-state index contributed by atoms with van der Waals surface area (Å²) in [7, 11) is 1.94. The van der Waals surface area contributed by atoms with E-state index < -0.39 is 0 Å². The number of imidazole rings is 1. The Morgan fingerprint density at radius 1 is 1.20 bits per heavy atom. The Labute approximate surface area is 156 Å². The molecule has 0 radical (unpaired) electrons. The third-order valence-corrected chi connectivity index (χ3v) is 4.75. The molecule has 0 aliphatic rings. The van der Waals surface area contributed by atoms with Gasteiger partial charge in [-0.1, -0.05) is 11.6 Å². The molecule has 0 fully saturated rings. The van der Waals surface area contributed by atoms with Crippen LogP contribution in [-0.4, -0.2) is 30.3 Å². The van der Waals surface area contributed by atoms with Crippen LogP contribution in [0, 0.1) is 4.77 Å². The molecule has 2 aromatic heterocycles. The molecule has 8 heteroatoms. The van der Waals surface area contributed by atoms with E-state index in [2.05, 4.69) is 28.9 Å². The zero-order valence-electron chi connectivity index (χ0n) is 14.4. The zero-order valence-corrected chi connectivity index (χ0v) is 16.0. The second-order valence-corrected chi connectivity index (χ2v) is 6.95. The predicted octanol–water partition coefficient (Wildman–Crippen LogP) is 4.13. The van der Waals surface area contributed by atoms with E-state index in [1.54, 1.807) is 12.1 Å². The van der Waals surface area contributed by atoms with Gasteiger partial charge in [-0.2, -0.15) is 0 Å². The molecule has 0 aliphatic carbocycles. The van der Waals surface area contributed by atoms with E-state index in [-0.39, 0.29) is 0 Å². The van der Waals surface area contributed by atoms with E-state index in [0.29, 0.717) is 36.1 Å². The van der Waals surface area contributed by atoms with Gasteiger partial charge in [-0.15, -0.1) is 10.2 Å². The van der Waals surface area contributed by atoms with Crippen LogP contribution in [0.1, 0.15) is 19.7 Å². The van der Waals surface area contributed by atoms with E-state index >= 15 is 0 Å². The van der Waals surface area contributed by atoms with Crippen LogP contribution in [0.4, 0.5) is 0 Å². The van der Waals surface area contributed by atoms with E-state index in [0.717, 1.165) is 10.3 Å². The molecule has 3 rings (SSSR count). The Morgan fingerprint density at radius 2 is 1.92 bits per heavy atom. The lowest BCUT2D eigenvalue weighted by Crippen LogP contribution is -2.32. The molecule has 0 atom stereocenters. The minimum Gasteiger partial charge on any atom is -0.419 e. The highest BCUT2D eigenvalue weighted by molar-refractivity contribution is 7.71. The highest BCUT2D eigenvalue weighted by Gasteiger charge is 2.16. The molecule has 6 nitrogen and oxygen atoms in total. The summed E-state index contributed by atoms with van der Waals surface area (Å²) >= 11 is 11.3. The highest BCUT2D eigenvalue weighted by atomic mass is 35.5. The van der Waals surface area contributed by atoms with Crippen LogP contribution >= 0.6 is 23.8 Å². The van der Waals surface area contributed by atoms with E-state index in [1.165, 1.54) is 0 Å². The normalized spacial score (nSPS) is 11.6. The van der Waals surface area contributed by atoms with Crippen molar-refractivity contribution in [2.45, 2.75) is 33.1 Å². The first-order valence-electron chi connectivity index (χ1n) is 7.98. The lowest BCUT2D eigenvalue weighted by Gasteiger charge is -2.25. The van der Waals surface area contributed by atoms with Gasteiger partial charge in [-0.05, 0) is 50.3 Å². The van der Waals surface area contributed by atoms with Crippen molar-refractivity contribution in [3.63, 3.8) is 0 Å². The van der Waals surface area contributed by atoms with Gasteiger partial charge in [-0.3, -0.25) is 4.90 Å². The van der Waals surface area contributed by atoms with Gasteiger partial charge in [0.25, 0.3) is 0 Å². The maximum atomic E-state index is 5.91. The van der Waals surface area contributed by atoms with Gasteiger partial charge in [0.15, 0.2) is 4.77 Å². The smallest absolute Gasteiger partial charge is 0.247 e. The number of nitrogens with zero attached hydrogens (tertiary/aromatic N) is 5. The van der Waals surface area contributed by atoms with Gasteiger partial charge in [0.1, 0.15) is 0 Å². The first-order valence-corrected chi connectivity index (χ1v) is 8.77. The SMILES string of the molecule is CC(C)N(Cc1nnc(-c2ccc(Cl)cc2)o1)Cn1ccn(C)c1=S. The van der Waals surface area contributed by atoms with Gasteiger partial charge in [0.05, 0.1) is 13.2 Å². The fourth-order valence-corrected chi connectivity index (χ4v) is 2.72. The average molecular weight is 378 g/mol. The number of aromatic nitrogens is 4. The first-order chi connectivity index (χ1) is 11.9. The Morgan fingerprint density at radius 3 is 2.52 bits per heavy atom. The fraction of sp³-hybridized carbons (Fsp3) is 0.353. The fourth-order valence-electron chi connectivity index (χ4n) is 2.41. The first kappa shape index (κ1) is 17.8. The zero-order chi connectivity index (χ0) is 18.0. The van der Waals surface area contributed by atoms with Crippen LogP contribution in [-0.2, 0) is 20.3 Å². The summed E-state index contributed by atoms with van der Waals surface area (Å²) < 4.78 is 10.5. The van der Waals surface area contributed by atoms with Crippen LogP contribution in [0.25, 0.3) is 11.5 Å². The maximum Gasteiger partial charge on any atom is 0.247 e. The van der Waals surface area contributed by atoms with Crippen LogP contribution in [0.15, 0.2) is 41.1 Å². The quantitative estimate of drug-likeness (QED) is 0.604. The summed E-state index contributed by atoms with van der Waals surface area (Å²) in [5, 5.41) is 8.99. The predicted molar refractivity (Wildman–Crippen MR) is 99.7 cm³/mol. The molecule has 2 heterocycles. The molecule has 132 valence electrons. The number of aryl methyl sites for hydroxylation is 1. The van der Waals surface area contributed by atoms with E-state index in [4.69, 9.17) is 28.2 Å². The van der Waals surface area contributed by atoms with Crippen molar-refractivity contribution in [3.8, 4) is 11.5 Å². The summed E-state index contributed by atoms with van der Waals surface area (Å²) in [6, 6.07) is 7.64. The summed E-state index contributed by atoms with van der Waals surface area (Å²) in [4.78, 5) is 2.22. The summed E-state index contributed by atoms with van der Waals surface area (Å²) in [6.07, 6.45) is 3.93. The number of rotatable bonds is 6. The Balaban J connectivity index is 1.75. The van der Waals surface area contributed by atoms with Crippen molar-refractivity contribution in [3.05, 3.63) is 52.3 Å². The third-order valence-electron chi connectivity index (χ3n) is 3.98. The Hall–Kier alpha value is -1.96. The van der Waals surface area contributed by atoms with Crippen LogP contribution in [0.2, 0.25) is 5.02 Å². The molecule has 3 aromatic rings. The largest absolute Gasteiger partial charge is 0.419 e. The van der Waals surface area contributed by atoms with Gasteiger partial charge in [0.2, 0.25) is 11.8 Å². The van der Waals surface area contributed by atoms with Gasteiger partial charge < -0.3 is 13.6 Å². The molecule has 0 bridgehead atoms. The van der Waals surface area contributed by atoms with E-state index in [1.807, 2.05) is 40.7 Å². The van der Waals surface area contributed by atoms with Crippen LogP contribution < -0.4 is 0 Å². The monoisotopic (exact) mass is 377 g/mol. The average Bonchev–Trinajstić information content (AvgIpc) is 3.17. The summed E-state index contributed by atoms with van der Waals surface area (Å²) in [5.41, 5.74) is 0.851. The molecular formula is C17H20ClN5OS. The standard InChI is InChI=1S/C17H20ClN5OS/c1-12(2)23(11-22-9-8-21(3)17(22)25)10-15-19-20-16(24-15)13-4-6-14(18)7-5-13/h4-9,12H,10-11H2,1-3H3. The van der Waals surface area contributed by atoms with Crippen molar-refractivity contribution in [2.24, 2.45) is 7.05 Å². The van der Waals surface area contributed by atoms with Crippen molar-refractivity contribution >= 4 is 23.8 Å². The van der Waals surface area contributed by atoms with Crippen molar-refractivity contribution < 1.29 is 4.42 Å². The molecular weight excluding hydrogens is 358 g/mol. The minimum absolute atomic E-state index is 0.299. The lowest BCUT2D eigenvalue weighted by molar-refractivity contribution is 0.147. The third kappa shape index (κ3) is 4.18. The molecule has 0 aliphatic heterocycles. The molecule has 0 saturated heterocycles. The molecule has 0 saturated carbocycles. The number of halogens is 1. The molecule has 0 unspecified atom stereocenters. The van der Waals surface area contributed by atoms with Crippen LogP contribution in [0.3, 0.4) is 0 Å². The number of benzene rings is 1. The second kappa shape index (κ2) is 7.51. The Kier molecular flexibility index (Phi) is 5.36. The van der Waals surface area contributed by atoms with Gasteiger partial charge in [0, 0.05) is 36.1 Å². The van der Waals surface area contributed by atoms with E-state index in [9.17, 15) is 0 Å². The van der Waals surface area contributed by atoms with Crippen molar-refractivity contribution in [2.75, 3.05) is 0 Å². The van der Waals surface area contributed by atoms with Crippen molar-refractivity contribution in [1.82, 2.24) is 24.2 Å². The summed E-state index contributed by atoms with van der Waals surface area (Å²) in [5.74, 6) is 1.06.